The Kier molecular flexibility index (Phi) is 6.09. The first-order valence-electron chi connectivity index (χ1n) is 6.34. The summed E-state index contributed by atoms with van der Waals surface area (Å²) >= 11 is 0. The largest absolute Gasteiger partial charge is 0.481 e. The van der Waals surface area contributed by atoms with Crippen LogP contribution >= 0.6 is 0 Å². The molecule has 2 N–H and O–H groups in total. The van der Waals surface area contributed by atoms with E-state index in [-0.39, 0.29) is 30.9 Å². The number of nitrogens with one attached hydrogen (secondary N) is 1. The lowest BCUT2D eigenvalue weighted by Crippen LogP contribution is -2.31. The highest BCUT2D eigenvalue weighted by atomic mass is 19.1. The third kappa shape index (κ3) is 5.34. The molecule has 1 aromatic rings. The van der Waals surface area contributed by atoms with Gasteiger partial charge in [-0.05, 0) is 17.5 Å². The number of carbonyl (C=O) groups is 2. The second kappa shape index (κ2) is 7.57. The molecule has 0 aliphatic rings. The van der Waals surface area contributed by atoms with Gasteiger partial charge in [0.2, 0.25) is 5.91 Å². The number of carboxylic acids is 1. The highest BCUT2D eigenvalue weighted by Crippen LogP contribution is 2.11. The van der Waals surface area contributed by atoms with Crippen molar-refractivity contribution in [1.29, 1.82) is 0 Å². The van der Waals surface area contributed by atoms with Crippen LogP contribution in [0.25, 0.3) is 0 Å². The van der Waals surface area contributed by atoms with Crippen LogP contribution < -0.4 is 5.32 Å². The van der Waals surface area contributed by atoms with Gasteiger partial charge in [0.1, 0.15) is 11.6 Å². The molecule has 0 aliphatic heterocycles. The molecule has 0 aliphatic carbocycles. The van der Waals surface area contributed by atoms with E-state index >= 15 is 0 Å². The Labute approximate surface area is 115 Å². The Balaban J connectivity index is 2.49. The van der Waals surface area contributed by atoms with Crippen LogP contribution in [0, 0.1) is 17.6 Å². The number of amides is 1. The lowest BCUT2D eigenvalue weighted by molar-refractivity contribution is -0.138. The van der Waals surface area contributed by atoms with Gasteiger partial charge in [0, 0.05) is 19.0 Å². The zero-order chi connectivity index (χ0) is 15.1. The van der Waals surface area contributed by atoms with E-state index in [9.17, 15) is 18.4 Å². The van der Waals surface area contributed by atoms with Crippen molar-refractivity contribution in [2.75, 3.05) is 6.54 Å². The number of carbonyl (C=O) groups excluding carboxylic acids is 1. The Morgan fingerprint density at radius 3 is 2.60 bits per heavy atom. The molecule has 1 atom stereocenters. The summed E-state index contributed by atoms with van der Waals surface area (Å²) in [5.41, 5.74) is 0.107. The van der Waals surface area contributed by atoms with Gasteiger partial charge in [0.25, 0.3) is 0 Å². The fourth-order valence-electron chi connectivity index (χ4n) is 1.77. The Hall–Kier alpha value is -1.98. The fourth-order valence-corrected chi connectivity index (χ4v) is 1.77. The predicted octanol–water partition coefficient (Wildman–Crippen LogP) is 2.12. The molecule has 0 saturated heterocycles. The molecule has 110 valence electrons. The van der Waals surface area contributed by atoms with E-state index in [2.05, 4.69) is 5.32 Å². The number of halogens is 2. The molecule has 1 amide bonds. The van der Waals surface area contributed by atoms with Crippen molar-refractivity contribution >= 4 is 11.9 Å². The molecular weight excluding hydrogens is 268 g/mol. The number of rotatable bonds is 7. The Bertz CT molecular complexity index is 491. The quantitative estimate of drug-likeness (QED) is 0.806. The van der Waals surface area contributed by atoms with Crippen LogP contribution in [-0.4, -0.2) is 23.5 Å². The number of hydrogen-bond donors (Lipinski definition) is 2. The highest BCUT2D eigenvalue weighted by molar-refractivity contribution is 5.78. The summed E-state index contributed by atoms with van der Waals surface area (Å²) in [6, 6.07) is 3.03. The van der Waals surface area contributed by atoms with Gasteiger partial charge in [-0.15, -0.1) is 0 Å². The SMILES string of the molecule is CCC(CNC(=O)Cc1ccc(F)cc1F)CC(=O)O. The summed E-state index contributed by atoms with van der Waals surface area (Å²) in [4.78, 5) is 22.2. The smallest absolute Gasteiger partial charge is 0.303 e. The second-order valence-corrected chi connectivity index (χ2v) is 4.59. The molecule has 0 fully saturated rings. The molecule has 0 saturated carbocycles. The first-order valence-corrected chi connectivity index (χ1v) is 6.34. The topological polar surface area (TPSA) is 66.4 Å². The minimum Gasteiger partial charge on any atom is -0.481 e. The molecule has 0 aromatic heterocycles. The van der Waals surface area contributed by atoms with E-state index in [0.29, 0.717) is 6.42 Å². The molecule has 0 heterocycles. The van der Waals surface area contributed by atoms with E-state index in [1.807, 2.05) is 6.92 Å². The number of benzene rings is 1. The molecule has 1 unspecified atom stereocenters. The van der Waals surface area contributed by atoms with E-state index in [1.54, 1.807) is 0 Å². The van der Waals surface area contributed by atoms with Crippen LogP contribution in [0.15, 0.2) is 18.2 Å². The molecule has 1 rings (SSSR count). The van der Waals surface area contributed by atoms with Crippen molar-refractivity contribution in [3.05, 3.63) is 35.4 Å². The first kappa shape index (κ1) is 16.1. The average Bonchev–Trinajstić information content (AvgIpc) is 2.37. The molecule has 0 radical (unpaired) electrons. The van der Waals surface area contributed by atoms with Gasteiger partial charge in [-0.1, -0.05) is 19.4 Å². The van der Waals surface area contributed by atoms with Crippen LogP contribution in [-0.2, 0) is 16.0 Å². The third-order valence-corrected chi connectivity index (χ3v) is 2.99. The van der Waals surface area contributed by atoms with Gasteiger partial charge in [0.15, 0.2) is 0 Å². The second-order valence-electron chi connectivity index (χ2n) is 4.59. The van der Waals surface area contributed by atoms with Crippen LogP contribution in [0.4, 0.5) is 8.78 Å². The van der Waals surface area contributed by atoms with Gasteiger partial charge in [-0.2, -0.15) is 0 Å². The maximum Gasteiger partial charge on any atom is 0.303 e. The Morgan fingerprint density at radius 2 is 2.05 bits per heavy atom. The van der Waals surface area contributed by atoms with Crippen molar-refractivity contribution in [2.45, 2.75) is 26.2 Å². The third-order valence-electron chi connectivity index (χ3n) is 2.99. The summed E-state index contributed by atoms with van der Waals surface area (Å²) in [5.74, 6) is -2.96. The predicted molar refractivity (Wildman–Crippen MR) is 69.1 cm³/mol. The minimum atomic E-state index is -0.921. The van der Waals surface area contributed by atoms with Crippen molar-refractivity contribution < 1.29 is 23.5 Å². The van der Waals surface area contributed by atoms with E-state index in [0.717, 1.165) is 12.1 Å². The monoisotopic (exact) mass is 285 g/mol. The van der Waals surface area contributed by atoms with E-state index in [4.69, 9.17) is 5.11 Å². The zero-order valence-corrected chi connectivity index (χ0v) is 11.2. The maximum atomic E-state index is 13.4. The summed E-state index contributed by atoms with van der Waals surface area (Å²) in [5, 5.41) is 11.2. The lowest BCUT2D eigenvalue weighted by atomic mass is 10.0. The summed E-state index contributed by atoms with van der Waals surface area (Å²) in [6.45, 7) is 2.06. The maximum absolute atomic E-state index is 13.4. The van der Waals surface area contributed by atoms with Crippen LogP contribution in [0.1, 0.15) is 25.3 Å². The summed E-state index contributed by atoms with van der Waals surface area (Å²) in [6.07, 6.45) is 0.398. The standard InChI is InChI=1S/C14H17F2NO3/c1-2-9(5-14(19)20)8-17-13(18)6-10-3-4-11(15)7-12(10)16/h3-4,7,9H,2,5-6,8H2,1H3,(H,17,18)(H,19,20). The molecule has 0 spiro atoms. The van der Waals surface area contributed by atoms with Crippen LogP contribution in [0.5, 0.6) is 0 Å². The fraction of sp³-hybridized carbons (Fsp3) is 0.429. The average molecular weight is 285 g/mol. The van der Waals surface area contributed by atoms with Crippen molar-refractivity contribution in [3.8, 4) is 0 Å². The minimum absolute atomic E-state index is 0.0261. The number of hydrogen-bond acceptors (Lipinski definition) is 2. The Morgan fingerprint density at radius 1 is 1.35 bits per heavy atom. The number of carboxylic acid groups (broad SMARTS) is 1. The summed E-state index contributed by atoms with van der Waals surface area (Å²) in [7, 11) is 0. The molecule has 20 heavy (non-hydrogen) atoms. The first-order chi connectivity index (χ1) is 9.42. The molecule has 1 aromatic carbocycles. The molecule has 6 heteroatoms. The van der Waals surface area contributed by atoms with Gasteiger partial charge >= 0.3 is 5.97 Å². The van der Waals surface area contributed by atoms with E-state index < -0.39 is 23.5 Å². The normalized spacial score (nSPS) is 11.9. The van der Waals surface area contributed by atoms with Crippen molar-refractivity contribution in [1.82, 2.24) is 5.32 Å². The van der Waals surface area contributed by atoms with Crippen molar-refractivity contribution in [2.24, 2.45) is 5.92 Å². The summed E-state index contributed by atoms with van der Waals surface area (Å²) < 4.78 is 26.1. The molecule has 4 nitrogen and oxygen atoms in total. The molecule has 0 bridgehead atoms. The van der Waals surface area contributed by atoms with Crippen LogP contribution in [0.2, 0.25) is 0 Å². The van der Waals surface area contributed by atoms with Gasteiger partial charge in [0.05, 0.1) is 6.42 Å². The van der Waals surface area contributed by atoms with Gasteiger partial charge in [-0.3, -0.25) is 9.59 Å². The van der Waals surface area contributed by atoms with Gasteiger partial charge < -0.3 is 10.4 Å². The lowest BCUT2D eigenvalue weighted by Gasteiger charge is -2.13. The zero-order valence-electron chi connectivity index (χ0n) is 11.2. The van der Waals surface area contributed by atoms with Crippen molar-refractivity contribution in [3.63, 3.8) is 0 Å². The van der Waals surface area contributed by atoms with Gasteiger partial charge in [-0.25, -0.2) is 8.78 Å². The van der Waals surface area contributed by atoms with Crippen LogP contribution in [0.3, 0.4) is 0 Å². The molecular formula is C14H17F2NO3. The van der Waals surface area contributed by atoms with E-state index in [1.165, 1.54) is 6.07 Å². The highest BCUT2D eigenvalue weighted by Gasteiger charge is 2.14. The number of aliphatic carboxylic acids is 1.